The predicted molar refractivity (Wildman–Crippen MR) is 157 cm³/mol. The minimum atomic E-state index is -5.08. The Morgan fingerprint density at radius 2 is 1.38 bits per heavy atom. The Kier molecular flexibility index (Phi) is 13.6. The zero-order valence-corrected chi connectivity index (χ0v) is 25.4. The van der Waals surface area contributed by atoms with Gasteiger partial charge in [0.05, 0.1) is 5.52 Å². The summed E-state index contributed by atoms with van der Waals surface area (Å²) in [4.78, 5) is 39.5. The topological polar surface area (TPSA) is 213 Å². The first kappa shape index (κ1) is 40.6. The molecule has 4 rings (SSSR count). The lowest BCUT2D eigenvalue weighted by Gasteiger charge is -2.33. The van der Waals surface area contributed by atoms with E-state index in [9.17, 15) is 44.3 Å². The van der Waals surface area contributed by atoms with Crippen LogP contribution in [0.4, 0.5) is 51.3 Å². The lowest BCUT2D eigenvalue weighted by Crippen LogP contribution is -2.50. The van der Waals surface area contributed by atoms with E-state index in [0.29, 0.717) is 11.3 Å². The Labute approximate surface area is 275 Å². The van der Waals surface area contributed by atoms with E-state index in [2.05, 4.69) is 30.7 Å². The molecule has 1 aromatic heterocycles. The van der Waals surface area contributed by atoms with Crippen LogP contribution in [0, 0.1) is 12.3 Å². The minimum Gasteiger partial charge on any atom is -0.475 e. The first-order valence-corrected chi connectivity index (χ1v) is 13.9. The minimum absolute atomic E-state index is 0.0429. The maximum atomic E-state index is 12.8. The van der Waals surface area contributed by atoms with Crippen LogP contribution in [0.15, 0.2) is 42.5 Å². The molecule has 0 spiro atoms. The smallest absolute Gasteiger partial charge is 0.475 e. The van der Waals surface area contributed by atoms with Crippen molar-refractivity contribution in [1.82, 2.24) is 15.3 Å². The highest BCUT2D eigenvalue weighted by Crippen LogP contribution is 2.28. The summed E-state index contributed by atoms with van der Waals surface area (Å²) in [6, 6.07) is 10.1. The number of hydrogen-bond donors (Lipinski definition) is 7. The van der Waals surface area contributed by atoms with Gasteiger partial charge in [0.2, 0.25) is 5.95 Å². The number of carbonyl (C=O) groups excluding carboxylic acids is 1. The molecule has 1 aliphatic rings. The number of nitrogens with one attached hydrogen (secondary N) is 4. The zero-order chi connectivity index (χ0) is 38.0. The van der Waals surface area contributed by atoms with Gasteiger partial charge in [0, 0.05) is 23.0 Å². The molecule has 0 bridgehead atoms. The number of fused-ring (bicyclic) bond motifs is 1. The van der Waals surface area contributed by atoms with Gasteiger partial charge >= 0.3 is 30.7 Å². The molecule has 2 aromatic carbocycles. The lowest BCUT2D eigenvalue weighted by atomic mass is 9.90. The molecular formula is C28H28F9N7O6. The van der Waals surface area contributed by atoms with Crippen molar-refractivity contribution in [3.05, 3.63) is 53.6 Å². The number of nitrogens with zero attached hydrogens (tertiary/aromatic N) is 2. The van der Waals surface area contributed by atoms with Gasteiger partial charge in [0.1, 0.15) is 11.6 Å². The second-order valence-corrected chi connectivity index (χ2v) is 10.2. The van der Waals surface area contributed by atoms with Crippen LogP contribution in [0.25, 0.3) is 10.9 Å². The van der Waals surface area contributed by atoms with Gasteiger partial charge in [-0.2, -0.15) is 31.3 Å². The normalized spacial score (nSPS) is 16.0. The first-order chi connectivity index (χ1) is 23.0. The average Bonchev–Trinajstić information content (AvgIpc) is 2.97. The Hall–Kier alpha value is -5.57. The van der Waals surface area contributed by atoms with Crippen LogP contribution in [0.1, 0.15) is 41.6 Å². The third kappa shape index (κ3) is 13.5. The molecule has 1 fully saturated rings. The third-order valence-electron chi connectivity index (χ3n) is 6.34. The lowest BCUT2D eigenvalue weighted by molar-refractivity contribution is -0.274. The first-order valence-electron chi connectivity index (χ1n) is 13.9. The summed E-state index contributed by atoms with van der Waals surface area (Å²) in [6.45, 7) is 1.95. The largest absolute Gasteiger partial charge is 0.573 e. The number of alkyl halides is 9. The van der Waals surface area contributed by atoms with Crippen LogP contribution in [-0.4, -0.2) is 74.8 Å². The third-order valence-corrected chi connectivity index (χ3v) is 6.34. The van der Waals surface area contributed by atoms with Crippen LogP contribution in [0.3, 0.4) is 0 Å². The molecule has 2 unspecified atom stereocenters. The van der Waals surface area contributed by atoms with Gasteiger partial charge in [-0.15, -0.1) is 13.2 Å². The Morgan fingerprint density at radius 1 is 0.860 bits per heavy atom. The number of guanidine groups is 1. The molecule has 8 N–H and O–H groups in total. The number of aliphatic carboxylic acids is 2. The summed E-state index contributed by atoms with van der Waals surface area (Å²) in [7, 11) is 0. The standard InChI is InChI=1S/C24H26F3N7O2.2C2HF3O2/c1-13-6-11-17-16(12-13)20(30-18-4-2-3-5-19(18)31-22(28)29)33-23(32-17)34-21(35)14-7-9-15(10-8-14)36-24(25,26)27;2*3-2(4,5)1(6)7/h6-12,18-19H,2-5H2,1H3,(H4,28,29,31)(H2,30,32,33,34,35);2*(H,6,7). The molecule has 50 heavy (non-hydrogen) atoms. The molecule has 3 aromatic rings. The van der Waals surface area contributed by atoms with Crippen LogP contribution in [-0.2, 0) is 9.59 Å². The maximum Gasteiger partial charge on any atom is 0.573 e. The molecule has 1 amide bonds. The number of halogens is 9. The number of carboxylic acid groups (broad SMARTS) is 2. The van der Waals surface area contributed by atoms with Crippen molar-refractivity contribution in [1.29, 1.82) is 5.41 Å². The average molecular weight is 730 g/mol. The number of amides is 1. The number of ether oxygens (including phenoxy) is 1. The molecule has 0 radical (unpaired) electrons. The molecule has 1 heterocycles. The highest BCUT2D eigenvalue weighted by atomic mass is 19.4. The summed E-state index contributed by atoms with van der Waals surface area (Å²) in [6.07, 6.45) is -11.3. The van der Waals surface area contributed by atoms with E-state index < -0.39 is 42.3 Å². The quantitative estimate of drug-likeness (QED) is 0.0948. The van der Waals surface area contributed by atoms with Gasteiger partial charge in [0.25, 0.3) is 5.91 Å². The summed E-state index contributed by atoms with van der Waals surface area (Å²) >= 11 is 0. The van der Waals surface area contributed by atoms with E-state index in [1.54, 1.807) is 0 Å². The van der Waals surface area contributed by atoms with Crippen molar-refractivity contribution in [2.75, 3.05) is 10.6 Å². The van der Waals surface area contributed by atoms with E-state index in [1.807, 2.05) is 25.1 Å². The van der Waals surface area contributed by atoms with Crippen LogP contribution >= 0.6 is 0 Å². The molecule has 2 atom stereocenters. The van der Waals surface area contributed by atoms with Gasteiger partial charge in [0.15, 0.2) is 5.96 Å². The Morgan fingerprint density at radius 3 is 1.86 bits per heavy atom. The van der Waals surface area contributed by atoms with Crippen LogP contribution in [0.5, 0.6) is 5.75 Å². The zero-order valence-electron chi connectivity index (χ0n) is 25.4. The second-order valence-electron chi connectivity index (χ2n) is 10.2. The van der Waals surface area contributed by atoms with Crippen LogP contribution < -0.4 is 26.4 Å². The van der Waals surface area contributed by atoms with Gasteiger partial charge in [-0.3, -0.25) is 15.5 Å². The molecule has 13 nitrogen and oxygen atoms in total. The highest BCUT2D eigenvalue weighted by molar-refractivity contribution is 6.04. The monoisotopic (exact) mass is 729 g/mol. The van der Waals surface area contributed by atoms with Gasteiger partial charge in [-0.05, 0) is 56.2 Å². The highest BCUT2D eigenvalue weighted by Gasteiger charge is 2.39. The fraction of sp³-hybridized carbons (Fsp3) is 0.357. The molecule has 0 saturated heterocycles. The number of carbonyl (C=O) groups is 3. The van der Waals surface area contributed by atoms with Crippen molar-refractivity contribution in [2.24, 2.45) is 5.73 Å². The molecular weight excluding hydrogens is 701 g/mol. The van der Waals surface area contributed by atoms with Crippen molar-refractivity contribution < 1.29 is 68.8 Å². The molecule has 0 aliphatic heterocycles. The van der Waals surface area contributed by atoms with E-state index in [-0.39, 0.29) is 29.6 Å². The van der Waals surface area contributed by atoms with Gasteiger partial charge < -0.3 is 31.3 Å². The summed E-state index contributed by atoms with van der Waals surface area (Å²) < 4.78 is 104. The van der Waals surface area contributed by atoms with Crippen molar-refractivity contribution >= 4 is 46.5 Å². The summed E-state index contributed by atoms with van der Waals surface area (Å²) in [5.41, 5.74) is 7.30. The number of benzene rings is 2. The number of aromatic nitrogens is 2. The molecule has 274 valence electrons. The molecule has 1 saturated carbocycles. The Balaban J connectivity index is 0.000000521. The van der Waals surface area contributed by atoms with E-state index in [4.69, 9.17) is 30.9 Å². The number of hydrogen-bond acceptors (Lipinski definition) is 8. The van der Waals surface area contributed by atoms with E-state index >= 15 is 0 Å². The molecule has 22 heteroatoms. The molecule has 1 aliphatic carbocycles. The van der Waals surface area contributed by atoms with E-state index in [1.165, 1.54) is 12.1 Å². The maximum absolute atomic E-state index is 12.8. The summed E-state index contributed by atoms with van der Waals surface area (Å²) in [5, 5.41) is 31.7. The fourth-order valence-corrected chi connectivity index (χ4v) is 4.24. The fourth-order valence-electron chi connectivity index (χ4n) is 4.24. The number of anilines is 2. The van der Waals surface area contributed by atoms with Gasteiger partial charge in [-0.1, -0.05) is 24.5 Å². The number of nitrogens with two attached hydrogens (primary N) is 1. The summed E-state index contributed by atoms with van der Waals surface area (Å²) in [5.74, 6) is -6.06. The number of aryl methyl sites for hydroxylation is 1. The van der Waals surface area contributed by atoms with Crippen molar-refractivity contribution in [3.8, 4) is 5.75 Å². The second kappa shape index (κ2) is 16.7. The SMILES string of the molecule is Cc1ccc2nc(NC(=O)c3ccc(OC(F)(F)F)cc3)nc(NC3CCCCC3NC(=N)N)c2c1.O=C(O)C(F)(F)F.O=C(O)C(F)(F)F. The number of carboxylic acids is 2. The van der Waals surface area contributed by atoms with E-state index in [0.717, 1.165) is 48.8 Å². The van der Waals surface area contributed by atoms with Gasteiger partial charge in [-0.25, -0.2) is 14.6 Å². The number of rotatable bonds is 6. The Bertz CT molecular complexity index is 1640. The van der Waals surface area contributed by atoms with Crippen molar-refractivity contribution in [3.63, 3.8) is 0 Å². The predicted octanol–water partition coefficient (Wildman–Crippen LogP) is 5.56. The van der Waals surface area contributed by atoms with Crippen LogP contribution in [0.2, 0.25) is 0 Å². The van der Waals surface area contributed by atoms with Crippen molar-refractivity contribution in [2.45, 2.75) is 63.4 Å².